The Hall–Kier alpha value is -2.63. The molecule has 2 aromatic rings. The molecule has 0 saturated carbocycles. The maximum atomic E-state index is 12.1. The Morgan fingerprint density at radius 2 is 1.95 bits per heavy atom. The van der Waals surface area contributed by atoms with Crippen molar-refractivity contribution in [3.05, 3.63) is 53.4 Å². The van der Waals surface area contributed by atoms with E-state index in [1.807, 2.05) is 44.2 Å². The molecule has 0 radical (unpaired) electrons. The Balaban J connectivity index is 2.07. The van der Waals surface area contributed by atoms with Crippen molar-refractivity contribution in [2.24, 2.45) is 0 Å². The second-order valence-corrected chi connectivity index (χ2v) is 5.32. The number of aliphatic carboxylic acids is 1. The minimum Gasteiger partial charge on any atom is -0.480 e. The lowest BCUT2D eigenvalue weighted by Crippen LogP contribution is -2.42. The van der Waals surface area contributed by atoms with E-state index in [4.69, 9.17) is 4.52 Å². The SMILES string of the molecule is CC(C)c1cc(C(=O)N[C@@H](Cc2ccccc2)C(=O)O)no1. The van der Waals surface area contributed by atoms with Gasteiger partial charge in [0.25, 0.3) is 5.91 Å². The normalized spacial score (nSPS) is 12.1. The predicted octanol–water partition coefficient (Wildman–Crippen LogP) is 2.22. The Bertz CT molecular complexity index is 649. The maximum absolute atomic E-state index is 12.1. The summed E-state index contributed by atoms with van der Waals surface area (Å²) in [6.45, 7) is 3.83. The first kappa shape index (κ1) is 15.8. The molecule has 0 aliphatic rings. The van der Waals surface area contributed by atoms with Crippen LogP contribution in [0.25, 0.3) is 0 Å². The van der Waals surface area contributed by atoms with Crippen molar-refractivity contribution in [3.8, 4) is 0 Å². The maximum Gasteiger partial charge on any atom is 0.326 e. The highest BCUT2D eigenvalue weighted by atomic mass is 16.5. The van der Waals surface area contributed by atoms with Gasteiger partial charge in [-0.25, -0.2) is 4.79 Å². The zero-order chi connectivity index (χ0) is 16.1. The molecule has 6 heteroatoms. The summed E-state index contributed by atoms with van der Waals surface area (Å²) in [7, 11) is 0. The van der Waals surface area contributed by atoms with Gasteiger partial charge in [0.2, 0.25) is 0 Å². The van der Waals surface area contributed by atoms with E-state index in [1.165, 1.54) is 6.07 Å². The minimum absolute atomic E-state index is 0.0861. The van der Waals surface area contributed by atoms with Gasteiger partial charge in [-0.05, 0) is 5.56 Å². The van der Waals surface area contributed by atoms with Crippen LogP contribution in [0.1, 0.15) is 41.6 Å². The van der Waals surface area contributed by atoms with E-state index in [2.05, 4.69) is 10.5 Å². The third-order valence-electron chi connectivity index (χ3n) is 3.22. The van der Waals surface area contributed by atoms with Gasteiger partial charge in [0, 0.05) is 18.4 Å². The second kappa shape index (κ2) is 6.89. The van der Waals surface area contributed by atoms with E-state index >= 15 is 0 Å². The average molecular weight is 302 g/mol. The van der Waals surface area contributed by atoms with Crippen molar-refractivity contribution in [1.29, 1.82) is 0 Å². The number of carboxylic acids is 1. The fourth-order valence-corrected chi connectivity index (χ4v) is 1.95. The first-order chi connectivity index (χ1) is 10.5. The molecule has 1 aromatic carbocycles. The van der Waals surface area contributed by atoms with Crippen LogP contribution in [0.2, 0.25) is 0 Å². The highest BCUT2D eigenvalue weighted by molar-refractivity contribution is 5.95. The highest BCUT2D eigenvalue weighted by Gasteiger charge is 2.23. The molecule has 1 heterocycles. The Morgan fingerprint density at radius 1 is 1.27 bits per heavy atom. The number of benzene rings is 1. The predicted molar refractivity (Wildman–Crippen MR) is 79.6 cm³/mol. The largest absolute Gasteiger partial charge is 0.480 e. The molecule has 2 rings (SSSR count). The third-order valence-corrected chi connectivity index (χ3v) is 3.22. The fraction of sp³-hybridized carbons (Fsp3) is 0.312. The Labute approximate surface area is 128 Å². The molecule has 0 aliphatic heterocycles. The number of carboxylic acid groups (broad SMARTS) is 1. The summed E-state index contributed by atoms with van der Waals surface area (Å²) < 4.78 is 5.05. The van der Waals surface area contributed by atoms with Gasteiger partial charge in [0.05, 0.1) is 0 Å². The molecular weight excluding hydrogens is 284 g/mol. The summed E-state index contributed by atoms with van der Waals surface area (Å²) in [6, 6.07) is 9.63. The molecule has 0 unspecified atom stereocenters. The van der Waals surface area contributed by atoms with Crippen LogP contribution >= 0.6 is 0 Å². The van der Waals surface area contributed by atoms with E-state index in [-0.39, 0.29) is 18.0 Å². The van der Waals surface area contributed by atoms with Crippen LogP contribution < -0.4 is 5.32 Å². The average Bonchev–Trinajstić information content (AvgIpc) is 2.97. The van der Waals surface area contributed by atoms with Crippen LogP contribution in [0, 0.1) is 0 Å². The smallest absolute Gasteiger partial charge is 0.326 e. The molecule has 116 valence electrons. The molecule has 22 heavy (non-hydrogen) atoms. The highest BCUT2D eigenvalue weighted by Crippen LogP contribution is 2.15. The molecule has 1 atom stereocenters. The van der Waals surface area contributed by atoms with Crippen molar-refractivity contribution < 1.29 is 19.2 Å². The van der Waals surface area contributed by atoms with Crippen molar-refractivity contribution in [1.82, 2.24) is 10.5 Å². The lowest BCUT2D eigenvalue weighted by molar-refractivity contribution is -0.139. The van der Waals surface area contributed by atoms with Crippen molar-refractivity contribution in [2.45, 2.75) is 32.2 Å². The minimum atomic E-state index is -1.09. The third kappa shape index (κ3) is 3.94. The molecule has 2 N–H and O–H groups in total. The van der Waals surface area contributed by atoms with Gasteiger partial charge in [0.1, 0.15) is 11.8 Å². The van der Waals surface area contributed by atoms with Crippen LogP contribution in [-0.2, 0) is 11.2 Å². The van der Waals surface area contributed by atoms with E-state index in [9.17, 15) is 14.7 Å². The molecule has 1 amide bonds. The van der Waals surface area contributed by atoms with Crippen LogP contribution in [-0.4, -0.2) is 28.2 Å². The monoisotopic (exact) mass is 302 g/mol. The Kier molecular flexibility index (Phi) is 4.93. The van der Waals surface area contributed by atoms with Crippen molar-refractivity contribution in [3.63, 3.8) is 0 Å². The van der Waals surface area contributed by atoms with Crippen molar-refractivity contribution >= 4 is 11.9 Å². The number of rotatable bonds is 6. The van der Waals surface area contributed by atoms with Gasteiger partial charge in [-0.1, -0.05) is 49.3 Å². The summed E-state index contributed by atoms with van der Waals surface area (Å²) in [5.74, 6) is -0.961. The first-order valence-electron chi connectivity index (χ1n) is 7.01. The first-order valence-corrected chi connectivity index (χ1v) is 7.01. The molecule has 1 aromatic heterocycles. The number of hydrogen-bond donors (Lipinski definition) is 2. The van der Waals surface area contributed by atoms with Gasteiger partial charge < -0.3 is 14.9 Å². The molecule has 0 saturated heterocycles. The molecular formula is C16H18N2O4. The van der Waals surface area contributed by atoms with Gasteiger partial charge in [0.15, 0.2) is 5.69 Å². The molecule has 0 aliphatic carbocycles. The van der Waals surface area contributed by atoms with Gasteiger partial charge in [-0.15, -0.1) is 0 Å². The fourth-order valence-electron chi connectivity index (χ4n) is 1.95. The summed E-state index contributed by atoms with van der Waals surface area (Å²) >= 11 is 0. The molecule has 6 nitrogen and oxygen atoms in total. The van der Waals surface area contributed by atoms with E-state index in [0.29, 0.717) is 5.76 Å². The number of carbonyl (C=O) groups excluding carboxylic acids is 1. The summed E-state index contributed by atoms with van der Waals surface area (Å²) in [4.78, 5) is 23.4. The number of nitrogens with zero attached hydrogens (tertiary/aromatic N) is 1. The van der Waals surface area contributed by atoms with Gasteiger partial charge in [-0.3, -0.25) is 4.79 Å². The topological polar surface area (TPSA) is 92.4 Å². The van der Waals surface area contributed by atoms with E-state index < -0.39 is 17.9 Å². The second-order valence-electron chi connectivity index (χ2n) is 5.32. The zero-order valence-electron chi connectivity index (χ0n) is 12.4. The molecule has 0 spiro atoms. The van der Waals surface area contributed by atoms with Crippen molar-refractivity contribution in [2.75, 3.05) is 0 Å². The molecule has 0 fully saturated rings. The lowest BCUT2D eigenvalue weighted by atomic mass is 10.1. The number of carbonyl (C=O) groups is 2. The van der Waals surface area contributed by atoms with E-state index in [1.54, 1.807) is 0 Å². The van der Waals surface area contributed by atoms with Crippen LogP contribution in [0.3, 0.4) is 0 Å². The summed E-state index contributed by atoms with van der Waals surface area (Å²) in [5, 5.41) is 15.4. The summed E-state index contributed by atoms with van der Waals surface area (Å²) in [5.41, 5.74) is 0.918. The van der Waals surface area contributed by atoms with Crippen LogP contribution in [0.15, 0.2) is 40.9 Å². The lowest BCUT2D eigenvalue weighted by Gasteiger charge is -2.13. The Morgan fingerprint density at radius 3 is 2.50 bits per heavy atom. The van der Waals surface area contributed by atoms with E-state index in [0.717, 1.165) is 5.56 Å². The van der Waals surface area contributed by atoms with Crippen LogP contribution in [0.5, 0.6) is 0 Å². The molecule has 0 bridgehead atoms. The number of amides is 1. The zero-order valence-corrected chi connectivity index (χ0v) is 12.4. The van der Waals surface area contributed by atoms with Gasteiger partial charge >= 0.3 is 5.97 Å². The number of nitrogens with one attached hydrogen (secondary N) is 1. The quantitative estimate of drug-likeness (QED) is 0.853. The van der Waals surface area contributed by atoms with Gasteiger partial charge in [-0.2, -0.15) is 0 Å². The summed E-state index contributed by atoms with van der Waals surface area (Å²) in [6.07, 6.45) is 0.205. The van der Waals surface area contributed by atoms with Crippen LogP contribution in [0.4, 0.5) is 0 Å². The number of aromatic nitrogens is 1. The number of hydrogen-bond acceptors (Lipinski definition) is 4. The standard InChI is InChI=1S/C16H18N2O4/c1-10(2)14-9-12(18-22-14)15(19)17-13(16(20)21)8-11-6-4-3-5-7-11/h3-7,9-10,13H,8H2,1-2H3,(H,17,19)(H,20,21)/t13-/m0/s1.